The number of hydrogen-bond donors (Lipinski definition) is 0. The lowest BCUT2D eigenvalue weighted by molar-refractivity contribution is 0.0811. The van der Waals surface area contributed by atoms with Crippen LogP contribution < -0.4 is 9.64 Å². The lowest BCUT2D eigenvalue weighted by Crippen LogP contribution is -2.41. The van der Waals surface area contributed by atoms with Crippen LogP contribution in [0.5, 0.6) is 5.88 Å². The summed E-state index contributed by atoms with van der Waals surface area (Å²) in [7, 11) is 0. The number of anilines is 1. The zero-order valence-electron chi connectivity index (χ0n) is 22.5. The van der Waals surface area contributed by atoms with Gasteiger partial charge in [-0.05, 0) is 87.6 Å². The van der Waals surface area contributed by atoms with Crippen molar-refractivity contribution in [2.75, 3.05) is 31.1 Å². The maximum Gasteiger partial charge on any atom is 0.213 e. The first kappa shape index (κ1) is 25.0. The molecule has 1 aliphatic carbocycles. The first-order chi connectivity index (χ1) is 18.5. The Morgan fingerprint density at radius 1 is 0.974 bits per heavy atom. The Hall–Kier alpha value is -3.32. The normalized spacial score (nSPS) is 19.6. The van der Waals surface area contributed by atoms with Crippen LogP contribution in [0.3, 0.4) is 0 Å². The summed E-state index contributed by atoms with van der Waals surface area (Å²) in [5.74, 6) is 1.64. The third kappa shape index (κ3) is 5.17. The summed E-state index contributed by atoms with van der Waals surface area (Å²) in [6.07, 6.45) is 10.1. The molecule has 1 spiro atoms. The summed E-state index contributed by atoms with van der Waals surface area (Å²) in [5, 5.41) is 0. The number of ketones is 1. The van der Waals surface area contributed by atoms with Gasteiger partial charge in [-0.15, -0.1) is 0 Å². The zero-order chi connectivity index (χ0) is 26.1. The van der Waals surface area contributed by atoms with Crippen LogP contribution in [0.15, 0.2) is 54.9 Å². The third-order valence-corrected chi connectivity index (χ3v) is 8.70. The topological polar surface area (TPSA) is 71.5 Å². The number of nitrogens with zero attached hydrogens (tertiary/aromatic N) is 5. The number of piperidine rings is 2. The second kappa shape index (κ2) is 10.4. The molecule has 0 amide bonds. The van der Waals surface area contributed by atoms with Crippen molar-refractivity contribution < 1.29 is 9.53 Å². The molecule has 7 heteroatoms. The van der Waals surface area contributed by atoms with Gasteiger partial charge in [0, 0.05) is 61.9 Å². The van der Waals surface area contributed by atoms with Gasteiger partial charge in [0.1, 0.15) is 17.6 Å². The van der Waals surface area contributed by atoms with Gasteiger partial charge in [-0.1, -0.05) is 12.1 Å². The molecule has 7 nitrogen and oxygen atoms in total. The number of aromatic nitrogens is 3. The van der Waals surface area contributed by atoms with E-state index in [0.717, 1.165) is 76.4 Å². The summed E-state index contributed by atoms with van der Waals surface area (Å²) >= 11 is 0. The van der Waals surface area contributed by atoms with Crippen LogP contribution in [0.2, 0.25) is 0 Å². The number of likely N-dealkylation sites (tertiary alicyclic amines) is 1. The number of rotatable bonds is 6. The highest BCUT2D eigenvalue weighted by Gasteiger charge is 2.41. The molecule has 0 radical (unpaired) electrons. The van der Waals surface area contributed by atoms with E-state index in [2.05, 4.69) is 45.7 Å². The van der Waals surface area contributed by atoms with Crippen molar-refractivity contribution >= 4 is 11.6 Å². The molecule has 0 atom stereocenters. The van der Waals surface area contributed by atoms with Crippen LogP contribution in [-0.4, -0.2) is 64.0 Å². The summed E-state index contributed by atoms with van der Waals surface area (Å²) in [6.45, 7) is 8.67. The molecule has 2 aliphatic heterocycles. The molecule has 3 aromatic heterocycles. The average Bonchev–Trinajstić information content (AvgIpc) is 3.30. The van der Waals surface area contributed by atoms with E-state index in [0.29, 0.717) is 17.3 Å². The summed E-state index contributed by atoms with van der Waals surface area (Å²) in [5.41, 5.74) is 3.91. The average molecular weight is 512 g/mol. The highest BCUT2D eigenvalue weighted by molar-refractivity contribution is 6.07. The highest BCUT2D eigenvalue weighted by Crippen LogP contribution is 2.45. The molecule has 198 valence electrons. The third-order valence-electron chi connectivity index (χ3n) is 8.70. The summed E-state index contributed by atoms with van der Waals surface area (Å²) in [6, 6.07) is 14.1. The monoisotopic (exact) mass is 511 g/mol. The minimum absolute atomic E-state index is 0.0946. The number of carbonyl (C=O) groups excluding carboxylic acids is 1. The minimum Gasteiger partial charge on any atom is -0.474 e. The van der Waals surface area contributed by atoms with E-state index in [1.165, 1.54) is 11.3 Å². The molecule has 3 aromatic rings. The Morgan fingerprint density at radius 2 is 1.79 bits per heavy atom. The molecule has 6 rings (SSSR count). The second-order valence-corrected chi connectivity index (χ2v) is 11.5. The van der Waals surface area contributed by atoms with Crippen molar-refractivity contribution in [3.05, 3.63) is 77.4 Å². The van der Waals surface area contributed by atoms with Gasteiger partial charge in [-0.2, -0.15) is 0 Å². The van der Waals surface area contributed by atoms with Crippen molar-refractivity contribution in [1.82, 2.24) is 19.9 Å². The highest BCUT2D eigenvalue weighted by atomic mass is 16.5. The van der Waals surface area contributed by atoms with Crippen LogP contribution in [0, 0.1) is 5.41 Å². The lowest BCUT2D eigenvalue weighted by atomic mass is 9.76. The van der Waals surface area contributed by atoms with E-state index in [-0.39, 0.29) is 17.3 Å². The van der Waals surface area contributed by atoms with Crippen LogP contribution in [-0.2, 0) is 12.8 Å². The standard InChI is InChI=1S/C31H37N5O2/c1-22(2)35-15-10-25(11-16-35)38-29-9-7-23-19-31(20-27(23)34-29)12-17-36(18-13-31)28-8-6-24(21-33-28)30(37)26-5-3-4-14-32-26/h3-9,14,21-22,25H,10-13,15-20H2,1-2H3. The van der Waals surface area contributed by atoms with Crippen molar-refractivity contribution in [3.8, 4) is 5.88 Å². The van der Waals surface area contributed by atoms with E-state index in [1.807, 2.05) is 24.3 Å². The van der Waals surface area contributed by atoms with Crippen LogP contribution >= 0.6 is 0 Å². The number of pyridine rings is 3. The smallest absolute Gasteiger partial charge is 0.213 e. The molecular formula is C31H37N5O2. The Balaban J connectivity index is 1.04. The van der Waals surface area contributed by atoms with Gasteiger partial charge in [0.2, 0.25) is 11.7 Å². The van der Waals surface area contributed by atoms with Crippen molar-refractivity contribution in [2.24, 2.45) is 5.41 Å². The maximum absolute atomic E-state index is 12.7. The molecule has 3 aliphatic rings. The van der Waals surface area contributed by atoms with E-state index in [9.17, 15) is 4.79 Å². The van der Waals surface area contributed by atoms with E-state index >= 15 is 0 Å². The van der Waals surface area contributed by atoms with Crippen LogP contribution in [0.4, 0.5) is 5.82 Å². The Bertz CT molecular complexity index is 1260. The van der Waals surface area contributed by atoms with Gasteiger partial charge in [0.05, 0.1) is 0 Å². The Morgan fingerprint density at radius 3 is 2.47 bits per heavy atom. The number of hydrogen-bond acceptors (Lipinski definition) is 7. The van der Waals surface area contributed by atoms with Gasteiger partial charge in [-0.25, -0.2) is 9.97 Å². The van der Waals surface area contributed by atoms with Crippen molar-refractivity contribution in [1.29, 1.82) is 0 Å². The number of ether oxygens (including phenoxy) is 1. The fourth-order valence-electron chi connectivity index (χ4n) is 6.31. The molecule has 0 saturated carbocycles. The van der Waals surface area contributed by atoms with Gasteiger partial charge in [-0.3, -0.25) is 9.78 Å². The predicted octanol–water partition coefficient (Wildman–Crippen LogP) is 4.74. The molecular weight excluding hydrogens is 474 g/mol. The largest absolute Gasteiger partial charge is 0.474 e. The SMILES string of the molecule is CC(C)N1CCC(Oc2ccc3c(n2)CC2(CCN(c4ccc(C(=O)c5ccccn5)cn4)CC2)C3)CC1. The van der Waals surface area contributed by atoms with E-state index < -0.39 is 0 Å². The first-order valence-electron chi connectivity index (χ1n) is 14.0. The number of carbonyl (C=O) groups is 1. The van der Waals surface area contributed by atoms with Crippen LogP contribution in [0.25, 0.3) is 0 Å². The lowest BCUT2D eigenvalue weighted by Gasteiger charge is -2.39. The second-order valence-electron chi connectivity index (χ2n) is 11.5. The summed E-state index contributed by atoms with van der Waals surface area (Å²) in [4.78, 5) is 31.3. The molecule has 5 heterocycles. The Labute approximate surface area is 225 Å². The minimum atomic E-state index is -0.0946. The fourth-order valence-corrected chi connectivity index (χ4v) is 6.31. The summed E-state index contributed by atoms with van der Waals surface area (Å²) < 4.78 is 6.33. The molecule has 0 unspecified atom stereocenters. The van der Waals surface area contributed by atoms with Gasteiger partial charge in [0.15, 0.2) is 0 Å². The maximum atomic E-state index is 12.7. The molecule has 2 fully saturated rings. The van der Waals surface area contributed by atoms with Crippen molar-refractivity contribution in [2.45, 2.75) is 64.5 Å². The molecule has 0 bridgehead atoms. The quantitative estimate of drug-likeness (QED) is 0.443. The van der Waals surface area contributed by atoms with Gasteiger partial charge in [0.25, 0.3) is 0 Å². The van der Waals surface area contributed by atoms with Crippen LogP contribution in [0.1, 0.15) is 66.8 Å². The molecule has 2 saturated heterocycles. The fraction of sp³-hybridized carbons (Fsp3) is 0.484. The zero-order valence-corrected chi connectivity index (χ0v) is 22.5. The predicted molar refractivity (Wildman–Crippen MR) is 148 cm³/mol. The van der Waals surface area contributed by atoms with Gasteiger partial charge >= 0.3 is 0 Å². The number of fused-ring (bicyclic) bond motifs is 1. The van der Waals surface area contributed by atoms with E-state index in [4.69, 9.17) is 9.72 Å². The molecule has 0 N–H and O–H groups in total. The molecule has 38 heavy (non-hydrogen) atoms. The van der Waals surface area contributed by atoms with E-state index in [1.54, 1.807) is 18.5 Å². The molecule has 0 aromatic carbocycles. The van der Waals surface area contributed by atoms with Crippen molar-refractivity contribution in [3.63, 3.8) is 0 Å². The Kier molecular flexibility index (Phi) is 6.87. The van der Waals surface area contributed by atoms with Gasteiger partial charge < -0.3 is 14.5 Å². The first-order valence-corrected chi connectivity index (χ1v) is 14.0.